The normalized spacial score (nSPS) is 15.5. The summed E-state index contributed by atoms with van der Waals surface area (Å²) in [6.45, 7) is 2.71. The number of aliphatic hydroxyl groups excluding tert-OH is 1. The van der Waals surface area contributed by atoms with Crippen molar-refractivity contribution >= 4 is 11.5 Å². The second-order valence-corrected chi connectivity index (χ2v) is 5.95. The summed E-state index contributed by atoms with van der Waals surface area (Å²) in [4.78, 5) is 16.3. The van der Waals surface area contributed by atoms with Crippen molar-refractivity contribution in [1.29, 1.82) is 0 Å². The largest absolute Gasteiger partial charge is 0.390 e. The van der Waals surface area contributed by atoms with E-state index in [2.05, 4.69) is 33.4 Å². The van der Waals surface area contributed by atoms with Gasteiger partial charge in [-0.05, 0) is 23.6 Å². The van der Waals surface area contributed by atoms with Gasteiger partial charge in [0.25, 0.3) is 5.69 Å². The number of fused-ring (bicyclic) bond motifs is 1. The van der Waals surface area contributed by atoms with E-state index in [1.165, 1.54) is 23.4 Å². The Labute approximate surface area is 140 Å². The van der Waals surface area contributed by atoms with Crippen molar-refractivity contribution in [3.05, 3.63) is 63.8 Å². The molecule has 24 heavy (non-hydrogen) atoms. The third kappa shape index (κ3) is 4.06. The Morgan fingerprint density at radius 1 is 1.29 bits per heavy atom. The van der Waals surface area contributed by atoms with Crippen molar-refractivity contribution in [3.63, 3.8) is 0 Å². The van der Waals surface area contributed by atoms with E-state index in [4.69, 9.17) is 0 Å². The zero-order valence-electron chi connectivity index (χ0n) is 13.3. The lowest BCUT2D eigenvalue weighted by Gasteiger charge is -2.30. The molecule has 126 valence electrons. The predicted molar refractivity (Wildman–Crippen MR) is 90.8 cm³/mol. The fraction of sp³-hybridized carbons (Fsp3) is 0.353. The van der Waals surface area contributed by atoms with E-state index in [-0.39, 0.29) is 5.69 Å². The first-order valence-corrected chi connectivity index (χ1v) is 7.93. The van der Waals surface area contributed by atoms with E-state index in [1.54, 1.807) is 6.07 Å². The highest BCUT2D eigenvalue weighted by Crippen LogP contribution is 2.18. The number of pyridine rings is 1. The molecule has 0 fully saturated rings. The van der Waals surface area contributed by atoms with E-state index in [0.29, 0.717) is 18.9 Å². The van der Waals surface area contributed by atoms with Crippen molar-refractivity contribution in [3.8, 4) is 0 Å². The van der Waals surface area contributed by atoms with Crippen LogP contribution < -0.4 is 5.32 Å². The molecule has 0 aliphatic carbocycles. The zero-order chi connectivity index (χ0) is 16.9. The third-order valence-corrected chi connectivity index (χ3v) is 4.16. The standard InChI is InChI=1S/C17H20N4O3/c22-16(10-19-17-6-5-15(9-18-17)21(23)24)12-20-8-7-13-3-1-2-4-14(13)11-20/h1-6,9,16,22H,7-8,10-12H2,(H,18,19). The Morgan fingerprint density at radius 3 is 2.79 bits per heavy atom. The van der Waals surface area contributed by atoms with E-state index in [0.717, 1.165) is 19.5 Å². The molecule has 2 aromatic rings. The van der Waals surface area contributed by atoms with Crippen LogP contribution in [0.15, 0.2) is 42.6 Å². The molecular weight excluding hydrogens is 308 g/mol. The summed E-state index contributed by atoms with van der Waals surface area (Å²) in [7, 11) is 0. The summed E-state index contributed by atoms with van der Waals surface area (Å²) >= 11 is 0. The maximum absolute atomic E-state index is 10.6. The minimum Gasteiger partial charge on any atom is -0.390 e. The molecule has 0 amide bonds. The fourth-order valence-corrected chi connectivity index (χ4v) is 2.89. The van der Waals surface area contributed by atoms with Gasteiger partial charge in [-0.15, -0.1) is 0 Å². The Balaban J connectivity index is 1.48. The summed E-state index contributed by atoms with van der Waals surface area (Å²) in [6.07, 6.45) is 1.67. The highest BCUT2D eigenvalue weighted by molar-refractivity contribution is 5.40. The number of hydrogen-bond acceptors (Lipinski definition) is 6. The molecule has 0 spiro atoms. The Bertz CT molecular complexity index is 705. The second kappa shape index (κ2) is 7.37. The number of β-amino-alcohol motifs (C(OH)–C–C–N with tert-alkyl or cyclic N) is 1. The van der Waals surface area contributed by atoms with Crippen molar-refractivity contribution in [1.82, 2.24) is 9.88 Å². The van der Waals surface area contributed by atoms with Crippen molar-refractivity contribution in [2.24, 2.45) is 0 Å². The van der Waals surface area contributed by atoms with Crippen LogP contribution in [0.4, 0.5) is 11.5 Å². The van der Waals surface area contributed by atoms with Gasteiger partial charge in [-0.2, -0.15) is 0 Å². The van der Waals surface area contributed by atoms with Gasteiger partial charge in [0.2, 0.25) is 0 Å². The molecule has 1 atom stereocenters. The molecule has 1 unspecified atom stereocenters. The molecule has 1 aliphatic rings. The number of rotatable bonds is 6. The first-order chi connectivity index (χ1) is 11.6. The maximum Gasteiger partial charge on any atom is 0.287 e. The van der Waals surface area contributed by atoms with Crippen LogP contribution in [0.25, 0.3) is 0 Å². The maximum atomic E-state index is 10.6. The number of nitrogens with one attached hydrogen (secondary N) is 1. The quantitative estimate of drug-likeness (QED) is 0.621. The molecule has 7 heteroatoms. The number of anilines is 1. The molecule has 2 heterocycles. The van der Waals surface area contributed by atoms with Crippen molar-refractivity contribution in [2.45, 2.75) is 19.1 Å². The Morgan fingerprint density at radius 2 is 2.08 bits per heavy atom. The average Bonchev–Trinajstić information content (AvgIpc) is 2.60. The number of nitro groups is 1. The van der Waals surface area contributed by atoms with Gasteiger partial charge < -0.3 is 10.4 Å². The molecule has 3 rings (SSSR count). The number of hydrogen-bond donors (Lipinski definition) is 2. The minimum absolute atomic E-state index is 0.0481. The first-order valence-electron chi connectivity index (χ1n) is 7.93. The number of aromatic nitrogens is 1. The van der Waals surface area contributed by atoms with Crippen LogP contribution in [-0.2, 0) is 13.0 Å². The fourth-order valence-electron chi connectivity index (χ4n) is 2.89. The molecule has 1 aromatic heterocycles. The Kier molecular flexibility index (Phi) is 5.02. The average molecular weight is 328 g/mol. The first kappa shape index (κ1) is 16.4. The van der Waals surface area contributed by atoms with Crippen molar-refractivity contribution in [2.75, 3.05) is 25.0 Å². The van der Waals surface area contributed by atoms with Crippen LogP contribution in [-0.4, -0.2) is 45.7 Å². The van der Waals surface area contributed by atoms with Crippen LogP contribution in [0.1, 0.15) is 11.1 Å². The summed E-state index contributed by atoms with van der Waals surface area (Å²) in [5.74, 6) is 0.517. The van der Waals surface area contributed by atoms with Gasteiger partial charge in [-0.25, -0.2) is 4.98 Å². The molecule has 1 aromatic carbocycles. The number of nitrogens with zero attached hydrogens (tertiary/aromatic N) is 3. The minimum atomic E-state index is -0.535. The zero-order valence-corrected chi connectivity index (χ0v) is 13.3. The van der Waals surface area contributed by atoms with Gasteiger partial charge >= 0.3 is 0 Å². The molecule has 1 aliphatic heterocycles. The molecule has 0 saturated carbocycles. The van der Waals surface area contributed by atoms with Gasteiger partial charge in [-0.1, -0.05) is 24.3 Å². The summed E-state index contributed by atoms with van der Waals surface area (Å²) < 4.78 is 0. The van der Waals surface area contributed by atoms with Crippen LogP contribution in [0.2, 0.25) is 0 Å². The van der Waals surface area contributed by atoms with Crippen LogP contribution >= 0.6 is 0 Å². The molecular formula is C17H20N4O3. The lowest BCUT2D eigenvalue weighted by molar-refractivity contribution is -0.385. The topological polar surface area (TPSA) is 91.5 Å². The summed E-state index contributed by atoms with van der Waals surface area (Å²) in [5.41, 5.74) is 2.66. The van der Waals surface area contributed by atoms with Gasteiger partial charge in [0.05, 0.1) is 11.0 Å². The highest BCUT2D eigenvalue weighted by atomic mass is 16.6. The number of aliphatic hydroxyl groups is 1. The third-order valence-electron chi connectivity index (χ3n) is 4.16. The molecule has 7 nitrogen and oxygen atoms in total. The second-order valence-electron chi connectivity index (χ2n) is 5.95. The van der Waals surface area contributed by atoms with Crippen LogP contribution in [0.5, 0.6) is 0 Å². The molecule has 0 saturated heterocycles. The lowest BCUT2D eigenvalue weighted by Crippen LogP contribution is -2.39. The van der Waals surface area contributed by atoms with Gasteiger partial charge in [0, 0.05) is 32.2 Å². The van der Waals surface area contributed by atoms with Gasteiger partial charge in [-0.3, -0.25) is 15.0 Å². The van der Waals surface area contributed by atoms with E-state index >= 15 is 0 Å². The van der Waals surface area contributed by atoms with E-state index in [1.807, 2.05) is 6.07 Å². The predicted octanol–water partition coefficient (Wildman–Crippen LogP) is 1.82. The SMILES string of the molecule is O=[N+]([O-])c1ccc(NCC(O)CN2CCc3ccccc3C2)nc1. The smallest absolute Gasteiger partial charge is 0.287 e. The van der Waals surface area contributed by atoms with Gasteiger partial charge in [0.15, 0.2) is 0 Å². The van der Waals surface area contributed by atoms with Crippen molar-refractivity contribution < 1.29 is 10.0 Å². The van der Waals surface area contributed by atoms with Crippen LogP contribution in [0.3, 0.4) is 0 Å². The van der Waals surface area contributed by atoms with Crippen LogP contribution in [0, 0.1) is 10.1 Å². The monoisotopic (exact) mass is 328 g/mol. The van der Waals surface area contributed by atoms with E-state index < -0.39 is 11.0 Å². The van der Waals surface area contributed by atoms with Gasteiger partial charge in [0.1, 0.15) is 12.0 Å². The molecule has 0 bridgehead atoms. The highest BCUT2D eigenvalue weighted by Gasteiger charge is 2.18. The summed E-state index contributed by atoms with van der Waals surface area (Å²) in [6, 6.07) is 11.3. The lowest BCUT2D eigenvalue weighted by atomic mass is 10.00. The molecule has 2 N–H and O–H groups in total. The van der Waals surface area contributed by atoms with E-state index in [9.17, 15) is 15.2 Å². The number of benzene rings is 1. The summed E-state index contributed by atoms with van der Waals surface area (Å²) in [5, 5.41) is 23.8. The Hall–Kier alpha value is -2.51. The molecule has 0 radical (unpaired) electrons.